The van der Waals surface area contributed by atoms with Gasteiger partial charge in [-0.05, 0) is 19.3 Å². The first-order chi connectivity index (χ1) is 5.23. The standard InChI is InChI=1S/C8H13NO2/c10-7(11)8-3-1-2-6(4-8)9-5-8/h6,9H,1-5H2,(H,10,11)/t6-,8+/m0/s1. The Kier molecular flexibility index (Phi) is 1.42. The van der Waals surface area contributed by atoms with Crippen LogP contribution in [-0.4, -0.2) is 23.7 Å². The Morgan fingerprint density at radius 2 is 2.45 bits per heavy atom. The van der Waals surface area contributed by atoms with Crippen LogP contribution < -0.4 is 5.32 Å². The summed E-state index contributed by atoms with van der Waals surface area (Å²) >= 11 is 0. The summed E-state index contributed by atoms with van der Waals surface area (Å²) in [7, 11) is 0. The number of hydrogen-bond acceptors (Lipinski definition) is 2. The minimum absolute atomic E-state index is 0.400. The van der Waals surface area contributed by atoms with Crippen molar-refractivity contribution in [3.05, 3.63) is 0 Å². The van der Waals surface area contributed by atoms with Crippen LogP contribution >= 0.6 is 0 Å². The van der Waals surface area contributed by atoms with Crippen LogP contribution in [0.3, 0.4) is 0 Å². The molecule has 2 aliphatic rings. The lowest BCUT2D eigenvalue weighted by atomic mass is 9.76. The molecule has 0 spiro atoms. The quantitative estimate of drug-likeness (QED) is 0.583. The van der Waals surface area contributed by atoms with E-state index in [0.29, 0.717) is 12.6 Å². The first-order valence-electron chi connectivity index (χ1n) is 4.20. The van der Waals surface area contributed by atoms with Crippen molar-refractivity contribution in [3.63, 3.8) is 0 Å². The molecule has 2 fully saturated rings. The molecule has 0 aromatic carbocycles. The summed E-state index contributed by atoms with van der Waals surface area (Å²) in [5, 5.41) is 12.2. The van der Waals surface area contributed by atoms with Gasteiger partial charge in [-0.25, -0.2) is 0 Å². The lowest BCUT2D eigenvalue weighted by molar-refractivity contribution is -0.148. The lowest BCUT2D eigenvalue weighted by Gasteiger charge is -2.26. The van der Waals surface area contributed by atoms with Gasteiger partial charge < -0.3 is 10.4 Å². The van der Waals surface area contributed by atoms with Crippen LogP contribution in [0.1, 0.15) is 25.7 Å². The van der Waals surface area contributed by atoms with Crippen molar-refractivity contribution in [2.75, 3.05) is 6.54 Å². The highest BCUT2D eigenvalue weighted by Crippen LogP contribution is 2.40. The van der Waals surface area contributed by atoms with Gasteiger partial charge in [0, 0.05) is 12.6 Å². The fourth-order valence-corrected chi connectivity index (χ4v) is 2.31. The molecular formula is C8H13NO2. The van der Waals surface area contributed by atoms with Crippen molar-refractivity contribution in [1.82, 2.24) is 5.32 Å². The molecule has 0 aromatic rings. The molecule has 1 heterocycles. The van der Waals surface area contributed by atoms with E-state index >= 15 is 0 Å². The molecule has 11 heavy (non-hydrogen) atoms. The summed E-state index contributed by atoms with van der Waals surface area (Å²) in [5.74, 6) is -0.604. The van der Waals surface area contributed by atoms with E-state index in [0.717, 1.165) is 25.7 Å². The van der Waals surface area contributed by atoms with Gasteiger partial charge in [0.05, 0.1) is 5.41 Å². The number of carbonyl (C=O) groups is 1. The second kappa shape index (κ2) is 2.21. The largest absolute Gasteiger partial charge is 0.481 e. The second-order valence-electron chi connectivity index (χ2n) is 3.76. The Morgan fingerprint density at radius 3 is 3.09 bits per heavy atom. The Balaban J connectivity index is 2.19. The van der Waals surface area contributed by atoms with Crippen LogP contribution in [0, 0.1) is 5.41 Å². The van der Waals surface area contributed by atoms with E-state index in [4.69, 9.17) is 5.11 Å². The van der Waals surface area contributed by atoms with E-state index in [9.17, 15) is 4.79 Å². The fraction of sp³-hybridized carbons (Fsp3) is 0.875. The van der Waals surface area contributed by atoms with Crippen LogP contribution in [0.2, 0.25) is 0 Å². The lowest BCUT2D eigenvalue weighted by Crippen LogP contribution is -2.33. The van der Waals surface area contributed by atoms with Crippen molar-refractivity contribution in [1.29, 1.82) is 0 Å². The molecule has 1 saturated heterocycles. The fourth-order valence-electron chi connectivity index (χ4n) is 2.31. The second-order valence-corrected chi connectivity index (χ2v) is 3.76. The van der Waals surface area contributed by atoms with Crippen LogP contribution in [-0.2, 0) is 4.79 Å². The third kappa shape index (κ3) is 0.948. The summed E-state index contributed by atoms with van der Waals surface area (Å²) in [4.78, 5) is 10.9. The first-order valence-corrected chi connectivity index (χ1v) is 4.20. The molecule has 3 heteroatoms. The highest BCUT2D eigenvalue weighted by molar-refractivity contribution is 5.75. The first kappa shape index (κ1) is 7.10. The molecule has 0 aromatic heterocycles. The summed E-state index contributed by atoms with van der Waals surface area (Å²) in [6, 6.07) is 0.486. The van der Waals surface area contributed by atoms with Gasteiger partial charge in [0.1, 0.15) is 0 Å². The monoisotopic (exact) mass is 155 g/mol. The molecular weight excluding hydrogens is 142 g/mol. The number of aliphatic carboxylic acids is 1. The van der Waals surface area contributed by atoms with Gasteiger partial charge in [0.2, 0.25) is 0 Å². The predicted molar refractivity (Wildman–Crippen MR) is 40.3 cm³/mol. The van der Waals surface area contributed by atoms with Gasteiger partial charge >= 0.3 is 5.97 Å². The number of carboxylic acids is 1. The van der Waals surface area contributed by atoms with Gasteiger partial charge in [-0.15, -0.1) is 0 Å². The molecule has 0 radical (unpaired) electrons. The minimum atomic E-state index is -0.604. The van der Waals surface area contributed by atoms with Crippen molar-refractivity contribution < 1.29 is 9.90 Å². The molecule has 0 unspecified atom stereocenters. The highest BCUT2D eigenvalue weighted by Gasteiger charge is 2.47. The molecule has 2 bridgehead atoms. The minimum Gasteiger partial charge on any atom is -0.481 e. The number of hydrogen-bond donors (Lipinski definition) is 2. The maximum Gasteiger partial charge on any atom is 0.310 e. The van der Waals surface area contributed by atoms with E-state index in [2.05, 4.69) is 5.32 Å². The van der Waals surface area contributed by atoms with Crippen molar-refractivity contribution >= 4 is 5.97 Å². The Bertz CT molecular complexity index is 189. The molecule has 2 rings (SSSR count). The zero-order valence-electron chi connectivity index (χ0n) is 6.47. The number of rotatable bonds is 1. The van der Waals surface area contributed by atoms with Gasteiger partial charge in [-0.2, -0.15) is 0 Å². The average molecular weight is 155 g/mol. The highest BCUT2D eigenvalue weighted by atomic mass is 16.4. The van der Waals surface area contributed by atoms with Crippen LogP contribution in [0.25, 0.3) is 0 Å². The molecule has 1 aliphatic carbocycles. The maximum absolute atomic E-state index is 10.9. The molecule has 3 nitrogen and oxygen atoms in total. The normalized spacial score (nSPS) is 42.4. The number of carboxylic acid groups (broad SMARTS) is 1. The van der Waals surface area contributed by atoms with E-state index in [1.54, 1.807) is 0 Å². The van der Waals surface area contributed by atoms with Crippen LogP contribution in [0.15, 0.2) is 0 Å². The molecule has 2 atom stereocenters. The summed E-state index contributed by atoms with van der Waals surface area (Å²) in [6.07, 6.45) is 3.95. The molecule has 0 amide bonds. The third-order valence-electron chi connectivity index (χ3n) is 3.03. The van der Waals surface area contributed by atoms with Crippen LogP contribution in [0.4, 0.5) is 0 Å². The molecule has 1 saturated carbocycles. The Morgan fingerprint density at radius 1 is 1.64 bits per heavy atom. The molecule has 2 N–H and O–H groups in total. The Labute approximate surface area is 65.8 Å². The molecule has 1 aliphatic heterocycles. The van der Waals surface area contributed by atoms with Gasteiger partial charge in [0.25, 0.3) is 0 Å². The molecule has 62 valence electrons. The predicted octanol–water partition coefficient (Wildman–Crippen LogP) is 0.603. The number of fused-ring (bicyclic) bond motifs is 2. The van der Waals surface area contributed by atoms with Gasteiger partial charge in [0.15, 0.2) is 0 Å². The van der Waals surface area contributed by atoms with Gasteiger partial charge in [-0.1, -0.05) is 6.42 Å². The van der Waals surface area contributed by atoms with E-state index in [-0.39, 0.29) is 0 Å². The van der Waals surface area contributed by atoms with Crippen molar-refractivity contribution in [2.45, 2.75) is 31.7 Å². The van der Waals surface area contributed by atoms with E-state index in [1.165, 1.54) is 0 Å². The van der Waals surface area contributed by atoms with Crippen molar-refractivity contribution in [3.8, 4) is 0 Å². The summed E-state index contributed by atoms with van der Waals surface area (Å²) in [6.45, 7) is 0.687. The SMILES string of the molecule is O=C(O)[C@]12CCC[C@@H](C1)NC2. The summed E-state index contributed by atoms with van der Waals surface area (Å²) < 4.78 is 0. The van der Waals surface area contributed by atoms with Crippen molar-refractivity contribution in [2.24, 2.45) is 5.41 Å². The smallest absolute Gasteiger partial charge is 0.310 e. The Hall–Kier alpha value is -0.570. The number of nitrogens with one attached hydrogen (secondary N) is 1. The van der Waals surface area contributed by atoms with Gasteiger partial charge in [-0.3, -0.25) is 4.79 Å². The summed E-state index contributed by atoms with van der Waals surface area (Å²) in [5.41, 5.74) is -0.400. The van der Waals surface area contributed by atoms with E-state index in [1.807, 2.05) is 0 Å². The zero-order valence-corrected chi connectivity index (χ0v) is 6.47. The zero-order chi connectivity index (χ0) is 7.90. The van der Waals surface area contributed by atoms with Crippen LogP contribution in [0.5, 0.6) is 0 Å². The topological polar surface area (TPSA) is 49.3 Å². The average Bonchev–Trinajstić information content (AvgIpc) is 2.29. The third-order valence-corrected chi connectivity index (χ3v) is 3.03. The van der Waals surface area contributed by atoms with E-state index < -0.39 is 11.4 Å². The maximum atomic E-state index is 10.9.